The Morgan fingerprint density at radius 2 is 1.65 bits per heavy atom. The summed E-state index contributed by atoms with van der Waals surface area (Å²) in [6.45, 7) is 3.78. The standard InChI is InChI=1S/C16H18N4/c1-2-6-15(7-3-1)14-18-20-12-10-19(11-13-20)16-8-4-5-9-17-16/h1-9,14H,10-13H2/b18-14+. The number of benzene rings is 1. The first kappa shape index (κ1) is 12.7. The SMILES string of the molecule is C(=N\N1CCN(c2ccccn2)CC1)/c1ccccc1. The van der Waals surface area contributed by atoms with Crippen LogP contribution in [0.5, 0.6) is 0 Å². The van der Waals surface area contributed by atoms with E-state index in [1.807, 2.05) is 42.7 Å². The predicted octanol–water partition coefficient (Wildman–Crippen LogP) is 2.24. The van der Waals surface area contributed by atoms with Gasteiger partial charge in [0.1, 0.15) is 5.82 Å². The third-order valence-electron chi connectivity index (χ3n) is 3.40. The van der Waals surface area contributed by atoms with Crippen LogP contribution in [0.3, 0.4) is 0 Å². The molecule has 0 atom stereocenters. The van der Waals surface area contributed by atoms with Crippen molar-refractivity contribution >= 4 is 12.0 Å². The van der Waals surface area contributed by atoms with Gasteiger partial charge in [-0.3, -0.25) is 5.01 Å². The van der Waals surface area contributed by atoms with Gasteiger partial charge < -0.3 is 4.90 Å². The van der Waals surface area contributed by atoms with E-state index in [1.165, 1.54) is 0 Å². The molecule has 20 heavy (non-hydrogen) atoms. The van der Waals surface area contributed by atoms with E-state index in [-0.39, 0.29) is 0 Å². The topological polar surface area (TPSA) is 31.7 Å². The quantitative estimate of drug-likeness (QED) is 0.799. The first-order chi connectivity index (χ1) is 9.92. The molecule has 1 fully saturated rings. The van der Waals surface area contributed by atoms with E-state index in [0.717, 1.165) is 37.6 Å². The molecule has 0 unspecified atom stereocenters. The first-order valence-corrected chi connectivity index (χ1v) is 6.92. The summed E-state index contributed by atoms with van der Waals surface area (Å²) < 4.78 is 0. The van der Waals surface area contributed by atoms with Crippen molar-refractivity contribution in [1.29, 1.82) is 0 Å². The molecule has 1 saturated heterocycles. The van der Waals surface area contributed by atoms with Gasteiger partial charge in [0.25, 0.3) is 0 Å². The molecule has 1 aliphatic rings. The number of pyridine rings is 1. The highest BCUT2D eigenvalue weighted by Gasteiger charge is 2.15. The molecular weight excluding hydrogens is 248 g/mol. The molecule has 0 saturated carbocycles. The summed E-state index contributed by atoms with van der Waals surface area (Å²) in [5.41, 5.74) is 1.14. The van der Waals surface area contributed by atoms with Crippen molar-refractivity contribution in [1.82, 2.24) is 9.99 Å². The number of rotatable bonds is 3. The van der Waals surface area contributed by atoms with Crippen LogP contribution in [0.1, 0.15) is 5.56 Å². The second-order valence-corrected chi connectivity index (χ2v) is 4.78. The normalized spacial score (nSPS) is 15.8. The summed E-state index contributed by atoms with van der Waals surface area (Å²) in [7, 11) is 0. The second kappa shape index (κ2) is 6.19. The summed E-state index contributed by atoms with van der Waals surface area (Å²) in [5, 5.41) is 6.66. The summed E-state index contributed by atoms with van der Waals surface area (Å²) in [6.07, 6.45) is 3.77. The van der Waals surface area contributed by atoms with Gasteiger partial charge in [-0.25, -0.2) is 4.98 Å². The Hall–Kier alpha value is -2.36. The molecule has 4 heteroatoms. The Morgan fingerprint density at radius 3 is 2.35 bits per heavy atom. The fourth-order valence-electron chi connectivity index (χ4n) is 2.27. The van der Waals surface area contributed by atoms with Gasteiger partial charge in [0.15, 0.2) is 0 Å². The van der Waals surface area contributed by atoms with Crippen molar-refractivity contribution in [3.63, 3.8) is 0 Å². The van der Waals surface area contributed by atoms with E-state index in [9.17, 15) is 0 Å². The van der Waals surface area contributed by atoms with Crippen LogP contribution in [-0.2, 0) is 0 Å². The van der Waals surface area contributed by atoms with Crippen molar-refractivity contribution in [2.24, 2.45) is 5.10 Å². The molecule has 0 bridgehead atoms. The lowest BCUT2D eigenvalue weighted by molar-refractivity contribution is 0.271. The smallest absolute Gasteiger partial charge is 0.128 e. The zero-order valence-corrected chi connectivity index (χ0v) is 11.4. The number of anilines is 1. The monoisotopic (exact) mass is 266 g/mol. The van der Waals surface area contributed by atoms with E-state index < -0.39 is 0 Å². The molecule has 2 heterocycles. The van der Waals surface area contributed by atoms with Crippen LogP contribution < -0.4 is 4.90 Å². The van der Waals surface area contributed by atoms with Gasteiger partial charge in [-0.2, -0.15) is 5.10 Å². The summed E-state index contributed by atoms with van der Waals surface area (Å²) in [4.78, 5) is 6.69. The minimum atomic E-state index is 0.930. The van der Waals surface area contributed by atoms with Gasteiger partial charge in [0, 0.05) is 19.3 Å². The second-order valence-electron chi connectivity index (χ2n) is 4.78. The molecule has 0 amide bonds. The van der Waals surface area contributed by atoms with E-state index in [2.05, 4.69) is 38.2 Å². The number of aromatic nitrogens is 1. The highest BCUT2D eigenvalue weighted by Crippen LogP contribution is 2.12. The van der Waals surface area contributed by atoms with Crippen molar-refractivity contribution in [3.05, 3.63) is 60.3 Å². The van der Waals surface area contributed by atoms with Crippen molar-refractivity contribution in [2.75, 3.05) is 31.1 Å². The van der Waals surface area contributed by atoms with Crippen LogP contribution in [0.4, 0.5) is 5.82 Å². The van der Waals surface area contributed by atoms with Crippen LogP contribution in [0, 0.1) is 0 Å². The van der Waals surface area contributed by atoms with Gasteiger partial charge in [-0.1, -0.05) is 36.4 Å². The minimum Gasteiger partial charge on any atom is -0.353 e. The molecule has 0 aliphatic carbocycles. The van der Waals surface area contributed by atoms with Crippen LogP contribution in [0.25, 0.3) is 0 Å². The fraction of sp³-hybridized carbons (Fsp3) is 0.250. The number of nitrogens with zero attached hydrogens (tertiary/aromatic N) is 4. The van der Waals surface area contributed by atoms with Gasteiger partial charge in [-0.15, -0.1) is 0 Å². The van der Waals surface area contributed by atoms with Gasteiger partial charge in [0.2, 0.25) is 0 Å². The number of hydrazone groups is 1. The Morgan fingerprint density at radius 1 is 0.900 bits per heavy atom. The molecule has 1 aromatic carbocycles. The molecule has 1 aliphatic heterocycles. The molecule has 4 nitrogen and oxygen atoms in total. The predicted molar refractivity (Wildman–Crippen MR) is 82.1 cm³/mol. The molecule has 0 spiro atoms. The summed E-state index contributed by atoms with van der Waals surface area (Å²) >= 11 is 0. The van der Waals surface area contributed by atoms with E-state index >= 15 is 0 Å². The number of hydrogen-bond donors (Lipinski definition) is 0. The highest BCUT2D eigenvalue weighted by atomic mass is 15.5. The van der Waals surface area contributed by atoms with Crippen molar-refractivity contribution < 1.29 is 0 Å². The highest BCUT2D eigenvalue weighted by molar-refractivity contribution is 5.79. The zero-order chi connectivity index (χ0) is 13.6. The molecular formula is C16H18N4. The van der Waals surface area contributed by atoms with Crippen LogP contribution in [0.2, 0.25) is 0 Å². The van der Waals surface area contributed by atoms with Crippen LogP contribution >= 0.6 is 0 Å². The third-order valence-corrected chi connectivity index (χ3v) is 3.40. The zero-order valence-electron chi connectivity index (χ0n) is 11.4. The Bertz CT molecular complexity index is 545. The summed E-state index contributed by atoms with van der Waals surface area (Å²) in [6, 6.07) is 16.2. The lowest BCUT2D eigenvalue weighted by atomic mass is 10.2. The van der Waals surface area contributed by atoms with Crippen molar-refractivity contribution in [3.8, 4) is 0 Å². The van der Waals surface area contributed by atoms with Gasteiger partial charge >= 0.3 is 0 Å². The fourth-order valence-corrected chi connectivity index (χ4v) is 2.27. The average molecular weight is 266 g/mol. The Kier molecular flexibility index (Phi) is 3.92. The minimum absolute atomic E-state index is 0.930. The Labute approximate surface area is 119 Å². The lowest BCUT2D eigenvalue weighted by Crippen LogP contribution is -2.44. The molecule has 102 valence electrons. The van der Waals surface area contributed by atoms with Gasteiger partial charge in [0.05, 0.1) is 19.3 Å². The summed E-state index contributed by atoms with van der Waals surface area (Å²) in [5.74, 6) is 1.05. The van der Waals surface area contributed by atoms with Gasteiger partial charge in [-0.05, 0) is 17.7 Å². The maximum absolute atomic E-state index is 4.54. The molecule has 2 aromatic rings. The molecule has 3 rings (SSSR count). The first-order valence-electron chi connectivity index (χ1n) is 6.92. The van der Waals surface area contributed by atoms with Crippen LogP contribution in [-0.4, -0.2) is 42.4 Å². The maximum Gasteiger partial charge on any atom is 0.128 e. The molecule has 1 aromatic heterocycles. The number of hydrogen-bond acceptors (Lipinski definition) is 4. The van der Waals surface area contributed by atoms with E-state index in [1.54, 1.807) is 0 Å². The maximum atomic E-state index is 4.54. The van der Waals surface area contributed by atoms with E-state index in [4.69, 9.17) is 0 Å². The largest absolute Gasteiger partial charge is 0.353 e. The number of piperazine rings is 1. The van der Waals surface area contributed by atoms with E-state index in [0.29, 0.717) is 0 Å². The third kappa shape index (κ3) is 3.15. The lowest BCUT2D eigenvalue weighted by Gasteiger charge is -2.33. The molecule has 0 radical (unpaired) electrons. The Balaban J connectivity index is 1.55. The van der Waals surface area contributed by atoms with Crippen molar-refractivity contribution in [2.45, 2.75) is 0 Å². The molecule has 0 N–H and O–H groups in total. The van der Waals surface area contributed by atoms with Crippen LogP contribution in [0.15, 0.2) is 59.8 Å². The average Bonchev–Trinajstić information content (AvgIpc) is 2.55.